The first-order chi connectivity index (χ1) is 7.67. The number of carbonyl (C=O) groups excluding carboxylic acids is 1. The topological polar surface area (TPSA) is 46.3 Å². The first-order valence-corrected chi connectivity index (χ1v) is 7.49. The Morgan fingerprint density at radius 3 is 2.62 bits per heavy atom. The zero-order chi connectivity index (χ0) is 11.6. The van der Waals surface area contributed by atoms with Gasteiger partial charge >= 0.3 is 0 Å². The van der Waals surface area contributed by atoms with Gasteiger partial charge in [-0.2, -0.15) is 11.8 Å². The highest BCUT2D eigenvalue weighted by Crippen LogP contribution is 2.39. The minimum absolute atomic E-state index is 0.166. The van der Waals surface area contributed by atoms with E-state index >= 15 is 0 Å². The summed E-state index contributed by atoms with van der Waals surface area (Å²) in [7, 11) is 0. The molecule has 1 unspecified atom stereocenters. The van der Waals surface area contributed by atoms with Crippen LogP contribution in [0, 0.1) is 0 Å². The van der Waals surface area contributed by atoms with Crippen LogP contribution in [-0.4, -0.2) is 40.9 Å². The molecular formula is C12H22N2OS. The number of rotatable bonds is 3. The Labute approximate surface area is 102 Å². The van der Waals surface area contributed by atoms with Gasteiger partial charge in [-0.05, 0) is 25.5 Å². The number of amides is 1. The lowest BCUT2D eigenvalue weighted by atomic mass is 9.88. The summed E-state index contributed by atoms with van der Waals surface area (Å²) in [5.74, 6) is 0.166. The molecule has 2 rings (SSSR count). The van der Waals surface area contributed by atoms with Crippen LogP contribution in [0.3, 0.4) is 0 Å². The quantitative estimate of drug-likeness (QED) is 0.818. The summed E-state index contributed by atoms with van der Waals surface area (Å²) in [6.45, 7) is 1.78. The molecule has 0 radical (unpaired) electrons. The van der Waals surface area contributed by atoms with Crippen LogP contribution in [0.25, 0.3) is 0 Å². The highest BCUT2D eigenvalue weighted by molar-refractivity contribution is 8.00. The van der Waals surface area contributed by atoms with Crippen LogP contribution < -0.4 is 5.73 Å². The van der Waals surface area contributed by atoms with Crippen LogP contribution >= 0.6 is 11.8 Å². The van der Waals surface area contributed by atoms with E-state index in [2.05, 4.69) is 6.26 Å². The lowest BCUT2D eigenvalue weighted by molar-refractivity contribution is -0.129. The van der Waals surface area contributed by atoms with E-state index in [-0.39, 0.29) is 11.9 Å². The molecule has 1 saturated heterocycles. The summed E-state index contributed by atoms with van der Waals surface area (Å²) in [4.78, 5) is 13.8. The average Bonchev–Trinajstić information content (AvgIpc) is 2.62. The van der Waals surface area contributed by atoms with Crippen molar-refractivity contribution in [2.45, 2.75) is 49.3 Å². The Morgan fingerprint density at radius 1 is 1.44 bits per heavy atom. The van der Waals surface area contributed by atoms with Gasteiger partial charge in [0.1, 0.15) is 0 Å². The number of nitrogens with two attached hydrogens (primary N) is 1. The number of likely N-dealkylation sites (tertiary alicyclic amines) is 1. The maximum Gasteiger partial charge on any atom is 0.239 e. The van der Waals surface area contributed by atoms with Crippen molar-refractivity contribution in [2.24, 2.45) is 5.73 Å². The Kier molecular flexibility index (Phi) is 3.80. The number of hydrogen-bond donors (Lipinski definition) is 1. The van der Waals surface area contributed by atoms with Gasteiger partial charge in [-0.1, -0.05) is 19.3 Å². The van der Waals surface area contributed by atoms with Gasteiger partial charge in [0, 0.05) is 17.8 Å². The number of hydrogen-bond acceptors (Lipinski definition) is 3. The van der Waals surface area contributed by atoms with Crippen molar-refractivity contribution in [1.82, 2.24) is 4.90 Å². The van der Waals surface area contributed by atoms with Gasteiger partial charge in [-0.3, -0.25) is 4.79 Å². The monoisotopic (exact) mass is 242 g/mol. The normalized spacial score (nSPS) is 29.8. The van der Waals surface area contributed by atoms with Crippen molar-refractivity contribution >= 4 is 17.7 Å². The van der Waals surface area contributed by atoms with Crippen molar-refractivity contribution in [3.05, 3.63) is 0 Å². The molecule has 92 valence electrons. The third kappa shape index (κ3) is 2.38. The molecule has 1 saturated carbocycles. The van der Waals surface area contributed by atoms with Gasteiger partial charge in [0.2, 0.25) is 5.91 Å². The lowest BCUT2D eigenvalue weighted by Gasteiger charge is -2.38. The fourth-order valence-corrected chi connectivity index (χ4v) is 3.87. The molecule has 2 fully saturated rings. The number of carbonyl (C=O) groups is 1. The van der Waals surface area contributed by atoms with Crippen LogP contribution in [0.2, 0.25) is 0 Å². The van der Waals surface area contributed by atoms with E-state index in [1.165, 1.54) is 32.1 Å². The van der Waals surface area contributed by atoms with E-state index in [1.807, 2.05) is 16.7 Å². The van der Waals surface area contributed by atoms with E-state index in [1.54, 1.807) is 0 Å². The van der Waals surface area contributed by atoms with Crippen molar-refractivity contribution in [3.63, 3.8) is 0 Å². The molecule has 0 bridgehead atoms. The summed E-state index contributed by atoms with van der Waals surface area (Å²) in [5.41, 5.74) is 5.76. The molecule has 2 aliphatic rings. The molecule has 2 N–H and O–H groups in total. The SMILES string of the molecule is CSC1(CN2CCC(N)C2=O)CCCCC1. The smallest absolute Gasteiger partial charge is 0.239 e. The van der Waals surface area contributed by atoms with Crippen LogP contribution in [-0.2, 0) is 4.79 Å². The van der Waals surface area contributed by atoms with Crippen LogP contribution in [0.15, 0.2) is 0 Å². The van der Waals surface area contributed by atoms with E-state index in [4.69, 9.17) is 5.73 Å². The highest BCUT2D eigenvalue weighted by Gasteiger charge is 2.37. The summed E-state index contributed by atoms with van der Waals surface area (Å²) < 4.78 is 0.317. The molecule has 4 heteroatoms. The Hall–Kier alpha value is -0.220. The minimum Gasteiger partial charge on any atom is -0.340 e. The summed E-state index contributed by atoms with van der Waals surface area (Å²) in [6, 6.07) is -0.234. The van der Waals surface area contributed by atoms with E-state index < -0.39 is 0 Å². The van der Waals surface area contributed by atoms with Crippen molar-refractivity contribution in [2.75, 3.05) is 19.3 Å². The second-order valence-electron chi connectivity index (χ2n) is 5.10. The third-order valence-corrected chi connectivity index (χ3v) is 5.42. The van der Waals surface area contributed by atoms with Gasteiger partial charge in [-0.25, -0.2) is 0 Å². The van der Waals surface area contributed by atoms with Crippen molar-refractivity contribution in [1.29, 1.82) is 0 Å². The predicted octanol–water partition coefficient (Wildman–Crippen LogP) is 1.61. The molecule has 0 aromatic rings. The minimum atomic E-state index is -0.234. The molecule has 1 amide bonds. The predicted molar refractivity (Wildman–Crippen MR) is 68.5 cm³/mol. The van der Waals surface area contributed by atoms with Crippen molar-refractivity contribution < 1.29 is 4.79 Å². The van der Waals surface area contributed by atoms with Crippen molar-refractivity contribution in [3.8, 4) is 0 Å². The maximum atomic E-state index is 11.8. The Morgan fingerprint density at radius 2 is 2.12 bits per heavy atom. The summed E-state index contributed by atoms with van der Waals surface area (Å²) in [6.07, 6.45) is 9.52. The second kappa shape index (κ2) is 4.96. The van der Waals surface area contributed by atoms with Gasteiger partial charge < -0.3 is 10.6 Å². The Balaban J connectivity index is 1.98. The largest absolute Gasteiger partial charge is 0.340 e. The van der Waals surface area contributed by atoms with Gasteiger partial charge in [0.25, 0.3) is 0 Å². The third-order valence-electron chi connectivity index (χ3n) is 4.02. The fourth-order valence-electron chi connectivity index (χ4n) is 2.89. The molecule has 0 aromatic heterocycles. The number of thioether (sulfide) groups is 1. The maximum absolute atomic E-state index is 11.8. The highest BCUT2D eigenvalue weighted by atomic mass is 32.2. The molecule has 1 aliphatic carbocycles. The lowest BCUT2D eigenvalue weighted by Crippen LogP contribution is -2.44. The van der Waals surface area contributed by atoms with Crippen LogP contribution in [0.1, 0.15) is 38.5 Å². The van der Waals surface area contributed by atoms with E-state index in [9.17, 15) is 4.79 Å². The zero-order valence-electron chi connectivity index (χ0n) is 10.1. The fraction of sp³-hybridized carbons (Fsp3) is 0.917. The molecule has 1 heterocycles. The molecule has 0 spiro atoms. The van der Waals surface area contributed by atoms with Crippen LogP contribution in [0.5, 0.6) is 0 Å². The van der Waals surface area contributed by atoms with Gasteiger partial charge in [0.15, 0.2) is 0 Å². The molecule has 3 nitrogen and oxygen atoms in total. The second-order valence-corrected chi connectivity index (χ2v) is 6.38. The molecule has 1 atom stereocenters. The first kappa shape index (κ1) is 12.2. The molecule has 1 aliphatic heterocycles. The zero-order valence-corrected chi connectivity index (χ0v) is 10.9. The first-order valence-electron chi connectivity index (χ1n) is 6.26. The average molecular weight is 242 g/mol. The van der Waals surface area contributed by atoms with E-state index in [0.717, 1.165) is 19.5 Å². The van der Waals surface area contributed by atoms with Crippen LogP contribution in [0.4, 0.5) is 0 Å². The Bertz CT molecular complexity index is 264. The summed E-state index contributed by atoms with van der Waals surface area (Å²) in [5, 5.41) is 0. The van der Waals surface area contributed by atoms with E-state index in [0.29, 0.717) is 4.75 Å². The summed E-state index contributed by atoms with van der Waals surface area (Å²) >= 11 is 1.95. The molecule has 0 aromatic carbocycles. The molecule has 16 heavy (non-hydrogen) atoms. The number of nitrogens with zero attached hydrogens (tertiary/aromatic N) is 1. The van der Waals surface area contributed by atoms with Gasteiger partial charge in [0.05, 0.1) is 6.04 Å². The molecular weight excluding hydrogens is 220 g/mol. The standard InChI is InChI=1S/C12H22N2OS/c1-16-12(6-3-2-4-7-12)9-14-8-5-10(13)11(14)15/h10H,2-9,13H2,1H3. The van der Waals surface area contributed by atoms with Gasteiger partial charge in [-0.15, -0.1) is 0 Å².